The molecular weight excluding hydrogens is 150 g/mol. The van der Waals surface area contributed by atoms with Gasteiger partial charge in [0.15, 0.2) is 0 Å². The molecule has 0 spiro atoms. The van der Waals surface area contributed by atoms with Gasteiger partial charge in [-0.2, -0.15) is 0 Å². The Morgan fingerprint density at radius 1 is 1.10 bits per heavy atom. The smallest absolute Gasteiger partial charge is 0.865 e. The van der Waals surface area contributed by atoms with Gasteiger partial charge in [0.05, 0.1) is 0 Å². The fourth-order valence-electron chi connectivity index (χ4n) is 0.561. The van der Waals surface area contributed by atoms with E-state index < -0.39 is 6.29 Å². The molecule has 10 heavy (non-hydrogen) atoms. The van der Waals surface area contributed by atoms with Crippen molar-refractivity contribution in [3.05, 3.63) is 0 Å². The minimum absolute atomic E-state index is 0. The summed E-state index contributed by atoms with van der Waals surface area (Å²) in [5, 5.41) is 19.7. The maximum absolute atomic E-state index is 9.85. The van der Waals surface area contributed by atoms with Crippen molar-refractivity contribution in [2.75, 3.05) is 0 Å². The first-order valence-electron chi connectivity index (χ1n) is 3.09. The van der Waals surface area contributed by atoms with Crippen LogP contribution < -0.4 is 69.3 Å². The van der Waals surface area contributed by atoms with Crippen LogP contribution in [0.3, 0.4) is 0 Å². The van der Waals surface area contributed by atoms with Gasteiger partial charge in [-0.15, -0.1) is 0 Å². The van der Waals surface area contributed by atoms with E-state index in [9.17, 15) is 10.2 Å². The van der Waals surface area contributed by atoms with Crippen LogP contribution >= 0.6 is 0 Å². The van der Waals surface area contributed by atoms with E-state index in [-0.39, 0.29) is 59.1 Å². The third-order valence-corrected chi connectivity index (χ3v) is 1.04. The van der Waals surface area contributed by atoms with Gasteiger partial charge in [-0.1, -0.05) is 32.6 Å². The maximum atomic E-state index is 9.85. The quantitative estimate of drug-likeness (QED) is 0.234. The van der Waals surface area contributed by atoms with Gasteiger partial charge in [-0.25, -0.2) is 6.29 Å². The van der Waals surface area contributed by atoms with E-state index in [2.05, 4.69) is 0 Å². The molecule has 0 aliphatic carbocycles. The predicted octanol–water partition coefficient (Wildman–Crippen LogP) is -6.38. The molecular formula is C6H12Na2O2. The summed E-state index contributed by atoms with van der Waals surface area (Å²) >= 11 is 0. The van der Waals surface area contributed by atoms with Gasteiger partial charge in [0.2, 0.25) is 0 Å². The van der Waals surface area contributed by atoms with Crippen molar-refractivity contribution in [2.45, 2.75) is 38.9 Å². The number of hydrogen-bond acceptors (Lipinski definition) is 2. The van der Waals surface area contributed by atoms with E-state index in [1.54, 1.807) is 0 Å². The molecule has 0 fully saturated rings. The van der Waals surface area contributed by atoms with Gasteiger partial charge in [0.25, 0.3) is 0 Å². The van der Waals surface area contributed by atoms with Crippen molar-refractivity contribution in [2.24, 2.45) is 0 Å². The Balaban J connectivity index is -0.000000245. The Kier molecular flexibility index (Phi) is 24.1. The molecule has 0 unspecified atom stereocenters. The van der Waals surface area contributed by atoms with E-state index in [4.69, 9.17) is 0 Å². The summed E-state index contributed by atoms with van der Waals surface area (Å²) in [6, 6.07) is 0. The number of unbranched alkanes of at least 4 members (excludes halogenated alkanes) is 2. The Morgan fingerprint density at radius 2 is 1.60 bits per heavy atom. The van der Waals surface area contributed by atoms with Gasteiger partial charge < -0.3 is 10.2 Å². The molecule has 50 valence electrons. The molecule has 0 radical (unpaired) electrons. The Hall–Kier alpha value is 1.92. The standard InChI is InChI=1S/C6H12O2.2Na/c1-2-3-4-5-6(7)8;;/h6H,2-5H2,1H3;;/q-2;2*+1. The van der Waals surface area contributed by atoms with E-state index in [0.29, 0.717) is 6.42 Å². The summed E-state index contributed by atoms with van der Waals surface area (Å²) in [6.07, 6.45) is 1.59. The second kappa shape index (κ2) is 13.5. The predicted molar refractivity (Wildman–Crippen MR) is 27.9 cm³/mol. The van der Waals surface area contributed by atoms with Crippen molar-refractivity contribution in [1.29, 1.82) is 0 Å². The molecule has 0 aliphatic heterocycles. The molecule has 0 saturated carbocycles. The van der Waals surface area contributed by atoms with Crippen LogP contribution in [0.2, 0.25) is 0 Å². The molecule has 4 heteroatoms. The van der Waals surface area contributed by atoms with E-state index in [0.717, 1.165) is 19.3 Å². The van der Waals surface area contributed by atoms with Crippen LogP contribution in [0, 0.1) is 0 Å². The molecule has 0 rings (SSSR count). The van der Waals surface area contributed by atoms with E-state index in [1.807, 2.05) is 6.92 Å². The topological polar surface area (TPSA) is 46.1 Å². The van der Waals surface area contributed by atoms with Gasteiger partial charge in [0.1, 0.15) is 0 Å². The number of rotatable bonds is 4. The molecule has 0 saturated heterocycles. The fourth-order valence-corrected chi connectivity index (χ4v) is 0.561. The molecule has 0 bridgehead atoms. The zero-order chi connectivity index (χ0) is 6.41. The SMILES string of the molecule is CCCCCC([O-])[O-].[Na+].[Na+]. The first-order valence-corrected chi connectivity index (χ1v) is 3.09. The van der Waals surface area contributed by atoms with Crippen LogP contribution in [-0.2, 0) is 0 Å². The molecule has 0 N–H and O–H groups in total. The molecule has 0 heterocycles. The second-order valence-electron chi connectivity index (χ2n) is 1.93. The van der Waals surface area contributed by atoms with Gasteiger partial charge in [-0.05, 0) is 0 Å². The fraction of sp³-hybridized carbons (Fsp3) is 1.00. The Bertz CT molecular complexity index is 51.0. The van der Waals surface area contributed by atoms with E-state index >= 15 is 0 Å². The maximum Gasteiger partial charge on any atom is 1.00 e. The van der Waals surface area contributed by atoms with Crippen molar-refractivity contribution >= 4 is 0 Å². The molecule has 0 aliphatic rings. The minimum Gasteiger partial charge on any atom is -0.865 e. The molecule has 0 amide bonds. The molecule has 2 nitrogen and oxygen atoms in total. The normalized spacial score (nSPS) is 8.40. The number of hydrogen-bond donors (Lipinski definition) is 0. The third kappa shape index (κ3) is 16.5. The zero-order valence-electron chi connectivity index (χ0n) is 7.22. The van der Waals surface area contributed by atoms with Crippen LogP contribution in [-0.4, -0.2) is 6.29 Å². The van der Waals surface area contributed by atoms with Crippen LogP contribution in [0.4, 0.5) is 0 Å². The molecule has 0 aromatic rings. The van der Waals surface area contributed by atoms with Crippen molar-refractivity contribution in [3.63, 3.8) is 0 Å². The average Bonchev–Trinajstić information content (AvgIpc) is 1.66. The third-order valence-electron chi connectivity index (χ3n) is 1.04. The largest absolute Gasteiger partial charge is 1.00 e. The van der Waals surface area contributed by atoms with Gasteiger partial charge >= 0.3 is 59.1 Å². The molecule has 0 aromatic carbocycles. The second-order valence-corrected chi connectivity index (χ2v) is 1.93. The summed E-state index contributed by atoms with van der Waals surface area (Å²) in [5.74, 6) is 0. The summed E-state index contributed by atoms with van der Waals surface area (Å²) in [4.78, 5) is 0. The Morgan fingerprint density at radius 3 is 1.90 bits per heavy atom. The summed E-state index contributed by atoms with van der Waals surface area (Å²) in [7, 11) is 0. The average molecular weight is 162 g/mol. The zero-order valence-corrected chi connectivity index (χ0v) is 11.2. The molecule has 0 aromatic heterocycles. The first kappa shape index (κ1) is 17.9. The minimum atomic E-state index is -1.60. The van der Waals surface area contributed by atoms with Crippen LogP contribution in [0.15, 0.2) is 0 Å². The van der Waals surface area contributed by atoms with Crippen molar-refractivity contribution < 1.29 is 69.3 Å². The van der Waals surface area contributed by atoms with Gasteiger partial charge in [-0.3, -0.25) is 0 Å². The molecule has 0 atom stereocenters. The summed E-state index contributed by atoms with van der Waals surface area (Å²) in [5.41, 5.74) is 0. The Labute approximate surface area is 107 Å². The summed E-state index contributed by atoms with van der Waals surface area (Å²) in [6.45, 7) is 2.05. The monoisotopic (exact) mass is 162 g/mol. The van der Waals surface area contributed by atoms with Gasteiger partial charge in [0, 0.05) is 0 Å². The summed E-state index contributed by atoms with van der Waals surface area (Å²) < 4.78 is 0. The van der Waals surface area contributed by atoms with Crippen LogP contribution in [0.25, 0.3) is 0 Å². The van der Waals surface area contributed by atoms with Crippen LogP contribution in [0.5, 0.6) is 0 Å². The van der Waals surface area contributed by atoms with Crippen LogP contribution in [0.1, 0.15) is 32.6 Å². The van der Waals surface area contributed by atoms with Crippen molar-refractivity contribution in [1.82, 2.24) is 0 Å². The van der Waals surface area contributed by atoms with E-state index in [1.165, 1.54) is 0 Å². The van der Waals surface area contributed by atoms with Crippen molar-refractivity contribution in [3.8, 4) is 0 Å². The first-order chi connectivity index (χ1) is 3.77.